The molecule has 2 aromatic heterocycles. The molecular formula is C22H23N5O3. The van der Waals surface area contributed by atoms with Crippen LogP contribution < -0.4 is 15.1 Å². The molecular weight excluding hydrogens is 382 g/mol. The van der Waals surface area contributed by atoms with E-state index in [2.05, 4.69) is 9.97 Å². The second-order valence-electron chi connectivity index (χ2n) is 7.10. The number of ether oxygens (including phenoxy) is 1. The van der Waals surface area contributed by atoms with Crippen LogP contribution in [0.4, 0.5) is 5.95 Å². The van der Waals surface area contributed by atoms with Gasteiger partial charge in [0.15, 0.2) is 5.75 Å². The smallest absolute Gasteiger partial charge is 0.270 e. The van der Waals surface area contributed by atoms with Crippen molar-refractivity contribution in [3.05, 3.63) is 82.5 Å². The fraction of sp³-hybridized carbons (Fsp3) is 0.273. The van der Waals surface area contributed by atoms with Gasteiger partial charge in [-0.05, 0) is 11.6 Å². The van der Waals surface area contributed by atoms with Crippen LogP contribution >= 0.6 is 0 Å². The predicted octanol–water partition coefficient (Wildman–Crippen LogP) is 1.72. The number of hydrogen-bond donors (Lipinski definition) is 0. The van der Waals surface area contributed by atoms with Gasteiger partial charge >= 0.3 is 0 Å². The molecule has 1 amide bonds. The summed E-state index contributed by atoms with van der Waals surface area (Å²) in [5.74, 6) is 0.721. The summed E-state index contributed by atoms with van der Waals surface area (Å²) in [6.45, 7) is 2.66. The van der Waals surface area contributed by atoms with Gasteiger partial charge in [0.1, 0.15) is 12.3 Å². The maximum absolute atomic E-state index is 13.0. The first kappa shape index (κ1) is 19.6. The lowest BCUT2D eigenvalue weighted by atomic mass is 10.2. The molecule has 1 aliphatic heterocycles. The quantitative estimate of drug-likeness (QED) is 0.643. The van der Waals surface area contributed by atoms with E-state index >= 15 is 0 Å². The maximum Gasteiger partial charge on any atom is 0.270 e. The highest BCUT2D eigenvalue weighted by Crippen LogP contribution is 2.14. The van der Waals surface area contributed by atoms with Crippen molar-refractivity contribution in [3.63, 3.8) is 0 Å². The van der Waals surface area contributed by atoms with Crippen molar-refractivity contribution in [3.8, 4) is 5.75 Å². The molecule has 154 valence electrons. The topological polar surface area (TPSA) is 80.6 Å². The van der Waals surface area contributed by atoms with Crippen LogP contribution in [0.5, 0.6) is 5.75 Å². The largest absolute Gasteiger partial charge is 0.483 e. The van der Waals surface area contributed by atoms with Crippen LogP contribution in [0.25, 0.3) is 0 Å². The minimum absolute atomic E-state index is 0.169. The van der Waals surface area contributed by atoms with E-state index in [0.717, 1.165) is 5.56 Å². The zero-order valence-corrected chi connectivity index (χ0v) is 16.8. The van der Waals surface area contributed by atoms with Crippen LogP contribution in [0.2, 0.25) is 0 Å². The van der Waals surface area contributed by atoms with E-state index in [4.69, 9.17) is 4.74 Å². The zero-order valence-electron chi connectivity index (χ0n) is 16.8. The molecule has 8 heteroatoms. The number of amides is 1. The zero-order chi connectivity index (χ0) is 20.9. The SMILES string of the molecule is Cn1cc(OCc2ccccc2)c(=O)cc1C(=O)N1CCN(c2ncccn2)CC1. The van der Waals surface area contributed by atoms with Crippen molar-refractivity contribution in [2.75, 3.05) is 31.1 Å². The standard InChI is InChI=1S/C22H23N5O3/c1-25-15-20(30-16-17-6-3-2-4-7-17)19(28)14-18(25)21(29)26-10-12-27(13-11-26)22-23-8-5-9-24-22/h2-9,14-15H,10-13,16H2,1H3. The molecule has 0 unspecified atom stereocenters. The molecule has 1 fully saturated rings. The third kappa shape index (κ3) is 4.32. The Hall–Kier alpha value is -3.68. The molecule has 8 nitrogen and oxygen atoms in total. The van der Waals surface area contributed by atoms with Gasteiger partial charge in [-0.1, -0.05) is 30.3 Å². The van der Waals surface area contributed by atoms with Gasteiger partial charge in [-0.2, -0.15) is 0 Å². The molecule has 0 N–H and O–H groups in total. The lowest BCUT2D eigenvalue weighted by Gasteiger charge is -2.34. The predicted molar refractivity (Wildman–Crippen MR) is 113 cm³/mol. The Morgan fingerprint density at radius 1 is 1.03 bits per heavy atom. The van der Waals surface area contributed by atoms with Gasteiger partial charge in [0.05, 0.1) is 6.20 Å². The molecule has 1 saturated heterocycles. The van der Waals surface area contributed by atoms with E-state index in [9.17, 15) is 9.59 Å². The molecule has 0 atom stereocenters. The molecule has 4 rings (SSSR count). The highest BCUT2D eigenvalue weighted by Gasteiger charge is 2.25. The number of aryl methyl sites for hydroxylation is 1. The lowest BCUT2D eigenvalue weighted by Crippen LogP contribution is -2.49. The summed E-state index contributed by atoms with van der Waals surface area (Å²) in [5, 5.41) is 0. The summed E-state index contributed by atoms with van der Waals surface area (Å²) in [6, 6.07) is 12.8. The Bertz CT molecular complexity index is 1060. The van der Waals surface area contributed by atoms with E-state index < -0.39 is 0 Å². The van der Waals surface area contributed by atoms with Gasteiger partial charge in [-0.15, -0.1) is 0 Å². The first-order valence-corrected chi connectivity index (χ1v) is 9.80. The van der Waals surface area contributed by atoms with Crippen LogP contribution in [0.15, 0.2) is 65.8 Å². The summed E-state index contributed by atoms with van der Waals surface area (Å²) in [4.78, 5) is 37.8. The number of aromatic nitrogens is 3. The minimum Gasteiger partial charge on any atom is -0.483 e. The first-order valence-electron chi connectivity index (χ1n) is 9.80. The van der Waals surface area contributed by atoms with Gasteiger partial charge in [0.25, 0.3) is 5.91 Å². The van der Waals surface area contributed by atoms with Crippen LogP contribution in [0.1, 0.15) is 16.1 Å². The number of carbonyl (C=O) groups excluding carboxylic acids is 1. The van der Waals surface area contributed by atoms with Gasteiger partial charge in [-0.3, -0.25) is 9.59 Å². The third-order valence-corrected chi connectivity index (χ3v) is 5.06. The summed E-state index contributed by atoms with van der Waals surface area (Å²) in [6.07, 6.45) is 4.99. The highest BCUT2D eigenvalue weighted by atomic mass is 16.5. The maximum atomic E-state index is 13.0. The molecule has 0 bridgehead atoms. The summed E-state index contributed by atoms with van der Waals surface area (Å²) in [5.41, 5.74) is 1.01. The van der Waals surface area contributed by atoms with Gasteiger partial charge < -0.3 is 19.1 Å². The van der Waals surface area contributed by atoms with Crippen molar-refractivity contribution in [1.82, 2.24) is 19.4 Å². The van der Waals surface area contributed by atoms with Crippen molar-refractivity contribution in [1.29, 1.82) is 0 Å². The molecule has 0 spiro atoms. The molecule has 3 aromatic rings. The van der Waals surface area contributed by atoms with E-state index in [1.807, 2.05) is 35.2 Å². The number of carbonyl (C=O) groups is 1. The minimum atomic E-state index is -0.302. The van der Waals surface area contributed by atoms with Crippen molar-refractivity contribution < 1.29 is 9.53 Å². The molecule has 1 aliphatic rings. The third-order valence-electron chi connectivity index (χ3n) is 5.06. The molecule has 0 aliphatic carbocycles. The van der Waals surface area contributed by atoms with Crippen molar-refractivity contribution in [2.45, 2.75) is 6.61 Å². The Labute approximate surface area is 174 Å². The Kier molecular flexibility index (Phi) is 5.74. The van der Waals surface area contributed by atoms with Crippen LogP contribution in [0.3, 0.4) is 0 Å². The average molecular weight is 405 g/mol. The summed E-state index contributed by atoms with van der Waals surface area (Å²) in [7, 11) is 1.75. The monoisotopic (exact) mass is 405 g/mol. The van der Waals surface area contributed by atoms with Crippen LogP contribution in [0, 0.1) is 0 Å². The molecule has 1 aromatic carbocycles. The number of rotatable bonds is 5. The number of hydrogen-bond acceptors (Lipinski definition) is 6. The lowest BCUT2D eigenvalue weighted by molar-refractivity contribution is 0.0735. The second kappa shape index (κ2) is 8.77. The number of anilines is 1. The Balaban J connectivity index is 1.42. The Morgan fingerprint density at radius 2 is 1.73 bits per heavy atom. The van der Waals surface area contributed by atoms with E-state index in [1.165, 1.54) is 6.07 Å². The van der Waals surface area contributed by atoms with Gasteiger partial charge in [-0.25, -0.2) is 9.97 Å². The first-order chi connectivity index (χ1) is 14.6. The molecule has 3 heterocycles. The van der Waals surface area contributed by atoms with Crippen LogP contribution in [-0.2, 0) is 13.7 Å². The highest BCUT2D eigenvalue weighted by molar-refractivity contribution is 5.92. The summed E-state index contributed by atoms with van der Waals surface area (Å²) < 4.78 is 7.32. The van der Waals surface area contributed by atoms with E-state index in [-0.39, 0.29) is 17.1 Å². The fourth-order valence-corrected chi connectivity index (χ4v) is 3.39. The van der Waals surface area contributed by atoms with Gasteiger partial charge in [0, 0.05) is 51.7 Å². The number of nitrogens with zero attached hydrogens (tertiary/aromatic N) is 5. The Morgan fingerprint density at radius 3 is 2.43 bits per heavy atom. The van der Waals surface area contributed by atoms with E-state index in [0.29, 0.717) is 44.4 Å². The molecule has 0 saturated carbocycles. The summed E-state index contributed by atoms with van der Waals surface area (Å²) >= 11 is 0. The molecule has 30 heavy (non-hydrogen) atoms. The van der Waals surface area contributed by atoms with Crippen LogP contribution in [-0.4, -0.2) is 51.5 Å². The fourth-order valence-electron chi connectivity index (χ4n) is 3.39. The number of benzene rings is 1. The van der Waals surface area contributed by atoms with Crippen molar-refractivity contribution in [2.24, 2.45) is 7.05 Å². The normalized spacial score (nSPS) is 13.9. The number of pyridine rings is 1. The molecule has 0 radical (unpaired) electrons. The second-order valence-corrected chi connectivity index (χ2v) is 7.10. The average Bonchev–Trinajstić information content (AvgIpc) is 2.80. The van der Waals surface area contributed by atoms with Crippen molar-refractivity contribution >= 4 is 11.9 Å². The number of piperazine rings is 1. The van der Waals surface area contributed by atoms with E-state index in [1.54, 1.807) is 41.2 Å². The van der Waals surface area contributed by atoms with Gasteiger partial charge in [0.2, 0.25) is 11.4 Å².